The molecule has 0 amide bonds. The average Bonchev–Trinajstić information content (AvgIpc) is 2.87. The van der Waals surface area contributed by atoms with Crippen LogP contribution in [0.2, 0.25) is 0 Å². The van der Waals surface area contributed by atoms with Crippen LogP contribution in [0, 0.1) is 0 Å². The van der Waals surface area contributed by atoms with Gasteiger partial charge in [0.05, 0.1) is 5.69 Å². The maximum absolute atomic E-state index is 4.66. The molecular weight excluding hydrogens is 212 g/mol. The molecule has 4 heteroatoms. The summed E-state index contributed by atoms with van der Waals surface area (Å²) >= 11 is 0. The van der Waals surface area contributed by atoms with Gasteiger partial charge in [-0.3, -0.25) is 4.90 Å². The Kier molecular flexibility index (Phi) is 2.59. The first kappa shape index (κ1) is 10.7. The third kappa shape index (κ3) is 1.93. The summed E-state index contributed by atoms with van der Waals surface area (Å²) in [5.74, 6) is 1.07. The fraction of sp³-hybridized carbons (Fsp3) is 0.538. The molecule has 1 aromatic heterocycles. The van der Waals surface area contributed by atoms with Crippen LogP contribution in [0.1, 0.15) is 37.9 Å². The summed E-state index contributed by atoms with van der Waals surface area (Å²) in [7, 11) is 0. The average molecular weight is 230 g/mol. The van der Waals surface area contributed by atoms with Crippen LogP contribution in [0.5, 0.6) is 0 Å². The molecule has 0 atom stereocenters. The van der Waals surface area contributed by atoms with Crippen molar-refractivity contribution < 1.29 is 0 Å². The lowest BCUT2D eigenvalue weighted by atomic mass is 10.2. The quantitative estimate of drug-likeness (QED) is 0.740. The second-order valence-corrected chi connectivity index (χ2v) is 5.01. The highest BCUT2D eigenvalue weighted by Gasteiger charge is 2.24. The minimum atomic E-state index is 0.590. The van der Waals surface area contributed by atoms with Gasteiger partial charge >= 0.3 is 0 Å². The molecule has 2 aliphatic rings. The smallest absolute Gasteiger partial charge is 0.130 e. The van der Waals surface area contributed by atoms with E-state index in [2.05, 4.69) is 41.1 Å². The fourth-order valence-electron chi connectivity index (χ4n) is 2.34. The van der Waals surface area contributed by atoms with Crippen LogP contribution in [-0.4, -0.2) is 26.6 Å². The number of hydrogen-bond donors (Lipinski definition) is 0. The monoisotopic (exact) mass is 230 g/mol. The molecule has 3 heterocycles. The Morgan fingerprint density at radius 3 is 2.82 bits per heavy atom. The highest BCUT2D eigenvalue weighted by Crippen LogP contribution is 2.23. The topological polar surface area (TPSA) is 33.4 Å². The minimum absolute atomic E-state index is 0.590. The van der Waals surface area contributed by atoms with E-state index < -0.39 is 0 Å². The van der Waals surface area contributed by atoms with Crippen LogP contribution in [0.15, 0.2) is 23.5 Å². The molecule has 0 spiro atoms. The van der Waals surface area contributed by atoms with Crippen LogP contribution < -0.4 is 0 Å². The Balaban J connectivity index is 1.82. The maximum atomic E-state index is 4.66. The van der Waals surface area contributed by atoms with Crippen molar-refractivity contribution in [1.29, 1.82) is 0 Å². The van der Waals surface area contributed by atoms with Gasteiger partial charge in [0.1, 0.15) is 5.84 Å². The molecule has 3 rings (SSSR count). The van der Waals surface area contributed by atoms with Crippen molar-refractivity contribution in [1.82, 2.24) is 14.7 Å². The number of rotatable bonds is 1. The van der Waals surface area contributed by atoms with Gasteiger partial charge in [0.2, 0.25) is 0 Å². The lowest BCUT2D eigenvalue weighted by Crippen LogP contribution is -2.25. The molecule has 0 fully saturated rings. The van der Waals surface area contributed by atoms with Crippen LogP contribution in [0.3, 0.4) is 0 Å². The SMILES string of the molecule is CC(C)N1Cc2cn(C3=NC=CCC3)nc2C1. The minimum Gasteiger partial charge on any atom is -0.291 e. The highest BCUT2D eigenvalue weighted by molar-refractivity contribution is 5.85. The number of fused-ring (bicyclic) bond motifs is 1. The van der Waals surface area contributed by atoms with E-state index in [1.807, 2.05) is 10.9 Å². The summed E-state index contributed by atoms with van der Waals surface area (Å²) in [6.45, 7) is 6.46. The van der Waals surface area contributed by atoms with Gasteiger partial charge in [-0.1, -0.05) is 6.08 Å². The predicted octanol–water partition coefficient (Wildman–Crippen LogP) is 2.16. The largest absolute Gasteiger partial charge is 0.291 e. The Morgan fingerprint density at radius 2 is 2.18 bits per heavy atom. The second-order valence-electron chi connectivity index (χ2n) is 5.01. The molecule has 0 radical (unpaired) electrons. The fourth-order valence-corrected chi connectivity index (χ4v) is 2.34. The highest BCUT2D eigenvalue weighted by atomic mass is 15.3. The van der Waals surface area contributed by atoms with E-state index in [4.69, 9.17) is 0 Å². The molecule has 0 N–H and O–H groups in total. The summed E-state index contributed by atoms with van der Waals surface area (Å²) < 4.78 is 1.96. The van der Waals surface area contributed by atoms with E-state index in [0.29, 0.717) is 6.04 Å². The molecule has 90 valence electrons. The van der Waals surface area contributed by atoms with Crippen molar-refractivity contribution in [2.75, 3.05) is 0 Å². The molecule has 0 unspecified atom stereocenters. The Labute approximate surface area is 102 Å². The van der Waals surface area contributed by atoms with Crippen molar-refractivity contribution >= 4 is 5.84 Å². The van der Waals surface area contributed by atoms with E-state index in [-0.39, 0.29) is 0 Å². The number of nitrogens with zero attached hydrogens (tertiary/aromatic N) is 4. The first-order valence-electron chi connectivity index (χ1n) is 6.27. The summed E-state index contributed by atoms with van der Waals surface area (Å²) in [6, 6.07) is 0.590. The van der Waals surface area contributed by atoms with Crippen LogP contribution >= 0.6 is 0 Å². The molecule has 4 nitrogen and oxygen atoms in total. The predicted molar refractivity (Wildman–Crippen MR) is 67.8 cm³/mol. The van der Waals surface area contributed by atoms with Gasteiger partial charge in [-0.2, -0.15) is 5.10 Å². The standard InChI is InChI=1S/C13H18N4/c1-10(2)16-7-11-8-17(15-12(11)9-16)13-5-3-4-6-14-13/h4,6,8,10H,3,5,7,9H2,1-2H3. The van der Waals surface area contributed by atoms with Gasteiger partial charge in [0.15, 0.2) is 0 Å². The van der Waals surface area contributed by atoms with Gasteiger partial charge in [0.25, 0.3) is 0 Å². The molecule has 0 bridgehead atoms. The molecule has 0 aliphatic carbocycles. The molecular formula is C13H18N4. The first-order valence-corrected chi connectivity index (χ1v) is 6.27. The number of aromatic nitrogens is 2. The molecule has 1 aromatic rings. The molecule has 0 aromatic carbocycles. The van der Waals surface area contributed by atoms with E-state index in [1.54, 1.807) is 0 Å². The zero-order valence-corrected chi connectivity index (χ0v) is 10.4. The maximum Gasteiger partial charge on any atom is 0.130 e. The van der Waals surface area contributed by atoms with Crippen molar-refractivity contribution in [3.05, 3.63) is 29.7 Å². The van der Waals surface area contributed by atoms with E-state index in [0.717, 1.165) is 31.8 Å². The molecule has 0 saturated heterocycles. The Hall–Kier alpha value is -1.42. The number of aliphatic imine (C=N–C) groups is 1. The number of allylic oxidation sites excluding steroid dienone is 1. The van der Waals surface area contributed by atoms with Crippen molar-refractivity contribution in [3.8, 4) is 0 Å². The van der Waals surface area contributed by atoms with E-state index >= 15 is 0 Å². The van der Waals surface area contributed by atoms with Gasteiger partial charge in [-0.25, -0.2) is 9.67 Å². The van der Waals surface area contributed by atoms with Gasteiger partial charge in [0, 0.05) is 43.5 Å². The molecule has 0 saturated carbocycles. The van der Waals surface area contributed by atoms with Gasteiger partial charge < -0.3 is 0 Å². The summed E-state index contributed by atoms with van der Waals surface area (Å²) in [5.41, 5.74) is 2.58. The van der Waals surface area contributed by atoms with Crippen molar-refractivity contribution in [2.24, 2.45) is 4.99 Å². The van der Waals surface area contributed by atoms with Crippen LogP contribution in [0.25, 0.3) is 0 Å². The lowest BCUT2D eigenvalue weighted by Gasteiger charge is -2.19. The third-order valence-corrected chi connectivity index (χ3v) is 3.46. The second kappa shape index (κ2) is 4.11. The summed E-state index contributed by atoms with van der Waals surface area (Å²) in [5, 5.41) is 4.66. The zero-order valence-electron chi connectivity index (χ0n) is 10.4. The number of hydrogen-bond acceptors (Lipinski definition) is 3. The summed E-state index contributed by atoms with van der Waals surface area (Å²) in [6.07, 6.45) is 8.19. The Bertz CT molecular complexity index is 458. The van der Waals surface area contributed by atoms with Crippen molar-refractivity contribution in [2.45, 2.75) is 45.8 Å². The molecule has 2 aliphatic heterocycles. The van der Waals surface area contributed by atoms with E-state index in [9.17, 15) is 0 Å². The summed E-state index contributed by atoms with van der Waals surface area (Å²) in [4.78, 5) is 6.82. The molecule has 17 heavy (non-hydrogen) atoms. The van der Waals surface area contributed by atoms with Crippen LogP contribution in [-0.2, 0) is 13.1 Å². The van der Waals surface area contributed by atoms with Gasteiger partial charge in [-0.15, -0.1) is 0 Å². The zero-order chi connectivity index (χ0) is 11.8. The van der Waals surface area contributed by atoms with Crippen LogP contribution in [0.4, 0.5) is 0 Å². The first-order chi connectivity index (χ1) is 8.24. The third-order valence-electron chi connectivity index (χ3n) is 3.46. The normalized spacial score (nSPS) is 19.8. The lowest BCUT2D eigenvalue weighted by molar-refractivity contribution is 0.224. The van der Waals surface area contributed by atoms with Crippen molar-refractivity contribution in [3.63, 3.8) is 0 Å². The van der Waals surface area contributed by atoms with Gasteiger partial charge in [-0.05, 0) is 20.3 Å². The van der Waals surface area contributed by atoms with E-state index in [1.165, 1.54) is 11.3 Å². The Morgan fingerprint density at radius 1 is 1.29 bits per heavy atom.